The van der Waals surface area contributed by atoms with E-state index in [1.165, 1.54) is 19.3 Å². The molecule has 0 aromatic rings. The summed E-state index contributed by atoms with van der Waals surface area (Å²) in [6, 6.07) is 0.484. The van der Waals surface area contributed by atoms with Crippen molar-refractivity contribution < 1.29 is 5.11 Å². The Morgan fingerprint density at radius 3 is 2.79 bits per heavy atom. The number of aliphatic hydroxyl groups excluding tert-OH is 1. The lowest BCUT2D eigenvalue weighted by Crippen LogP contribution is -2.36. The van der Waals surface area contributed by atoms with Gasteiger partial charge in [-0.25, -0.2) is 0 Å². The molecule has 1 heterocycles. The van der Waals surface area contributed by atoms with Gasteiger partial charge >= 0.3 is 0 Å². The molecule has 0 spiro atoms. The molecule has 0 aromatic heterocycles. The van der Waals surface area contributed by atoms with Crippen LogP contribution in [0.1, 0.15) is 32.6 Å². The van der Waals surface area contributed by atoms with E-state index in [0.29, 0.717) is 11.5 Å². The van der Waals surface area contributed by atoms with E-state index in [1.54, 1.807) is 0 Å². The summed E-state index contributed by atoms with van der Waals surface area (Å²) in [5.74, 6) is 0. The average Bonchev–Trinajstić information content (AvgIpc) is 2.84. The molecule has 3 heteroatoms. The number of rotatable bonds is 5. The fraction of sp³-hybridized carbons (Fsp3) is 1.00. The van der Waals surface area contributed by atoms with E-state index >= 15 is 0 Å². The zero-order valence-electron chi connectivity index (χ0n) is 9.05. The van der Waals surface area contributed by atoms with Crippen LogP contribution in [0.3, 0.4) is 0 Å². The molecular weight excluding hydrogens is 176 g/mol. The molecule has 3 nitrogen and oxygen atoms in total. The van der Waals surface area contributed by atoms with Gasteiger partial charge in [-0.3, -0.25) is 0 Å². The smallest absolute Gasteiger partial charge is 0.0680 e. The summed E-state index contributed by atoms with van der Waals surface area (Å²) < 4.78 is 0. The Morgan fingerprint density at radius 2 is 2.29 bits per heavy atom. The van der Waals surface area contributed by atoms with Crippen LogP contribution in [0, 0.1) is 5.41 Å². The van der Waals surface area contributed by atoms with E-state index in [9.17, 15) is 5.11 Å². The normalized spacial score (nSPS) is 34.7. The highest BCUT2D eigenvalue weighted by atomic mass is 16.3. The summed E-state index contributed by atoms with van der Waals surface area (Å²) in [6.45, 7) is 5.23. The minimum absolute atomic E-state index is 0.122. The Labute approximate surface area is 86.3 Å². The van der Waals surface area contributed by atoms with Crippen LogP contribution >= 0.6 is 0 Å². The van der Waals surface area contributed by atoms with Gasteiger partial charge in [0.1, 0.15) is 0 Å². The van der Waals surface area contributed by atoms with Gasteiger partial charge in [0.05, 0.1) is 6.10 Å². The fourth-order valence-corrected chi connectivity index (χ4v) is 2.30. The van der Waals surface area contributed by atoms with E-state index in [0.717, 1.165) is 26.1 Å². The van der Waals surface area contributed by atoms with Crippen LogP contribution in [0.15, 0.2) is 0 Å². The van der Waals surface area contributed by atoms with Gasteiger partial charge in [0.2, 0.25) is 0 Å². The number of aliphatic hydroxyl groups is 1. The standard InChI is InChI=1S/C11H22N2O/c1-2-11(3-4-11)8-12-6-9-5-10(14)7-13-9/h9-10,12-14H,2-8H2,1H3. The molecule has 1 aliphatic carbocycles. The minimum Gasteiger partial charge on any atom is -0.392 e. The first kappa shape index (κ1) is 10.4. The third-order valence-corrected chi connectivity index (χ3v) is 3.80. The summed E-state index contributed by atoms with van der Waals surface area (Å²) in [6.07, 6.45) is 4.89. The van der Waals surface area contributed by atoms with Crippen LogP contribution in [0.5, 0.6) is 0 Å². The molecule has 0 aromatic carbocycles. The SMILES string of the molecule is CCC1(CNCC2CC(O)CN2)CC1. The average molecular weight is 198 g/mol. The fourth-order valence-electron chi connectivity index (χ4n) is 2.30. The van der Waals surface area contributed by atoms with Crippen LogP contribution < -0.4 is 10.6 Å². The van der Waals surface area contributed by atoms with Crippen molar-refractivity contribution in [1.29, 1.82) is 0 Å². The molecule has 2 aliphatic rings. The van der Waals surface area contributed by atoms with Crippen LogP contribution in [0.4, 0.5) is 0 Å². The third kappa shape index (κ3) is 2.47. The maximum atomic E-state index is 9.33. The van der Waals surface area contributed by atoms with Gasteiger partial charge in [-0.2, -0.15) is 0 Å². The second-order valence-corrected chi connectivity index (χ2v) is 4.98. The zero-order chi connectivity index (χ0) is 10.0. The highest BCUT2D eigenvalue weighted by molar-refractivity contribution is 4.94. The molecule has 2 atom stereocenters. The quantitative estimate of drug-likeness (QED) is 0.602. The molecule has 1 saturated heterocycles. The zero-order valence-corrected chi connectivity index (χ0v) is 9.05. The van der Waals surface area contributed by atoms with Gasteiger partial charge in [-0.05, 0) is 31.1 Å². The third-order valence-electron chi connectivity index (χ3n) is 3.80. The lowest BCUT2D eigenvalue weighted by molar-refractivity contribution is 0.193. The Balaban J connectivity index is 1.59. The second-order valence-electron chi connectivity index (χ2n) is 4.98. The van der Waals surface area contributed by atoms with E-state index in [4.69, 9.17) is 0 Å². The molecule has 3 N–H and O–H groups in total. The maximum Gasteiger partial charge on any atom is 0.0680 e. The number of β-amino-alcohol motifs (C(OH)–C–C–N with tert-alkyl or cyclic N) is 1. The Kier molecular flexibility index (Phi) is 3.10. The summed E-state index contributed by atoms with van der Waals surface area (Å²) >= 11 is 0. The summed E-state index contributed by atoms with van der Waals surface area (Å²) in [5, 5.41) is 16.2. The van der Waals surface area contributed by atoms with E-state index < -0.39 is 0 Å². The molecule has 2 rings (SSSR count). The monoisotopic (exact) mass is 198 g/mol. The molecule has 14 heavy (non-hydrogen) atoms. The molecule has 0 amide bonds. The lowest BCUT2D eigenvalue weighted by atomic mass is 10.0. The van der Waals surface area contributed by atoms with Crippen molar-refractivity contribution in [2.75, 3.05) is 19.6 Å². The van der Waals surface area contributed by atoms with E-state index in [1.807, 2.05) is 0 Å². The van der Waals surface area contributed by atoms with Gasteiger partial charge in [0.25, 0.3) is 0 Å². The van der Waals surface area contributed by atoms with Crippen LogP contribution in [-0.4, -0.2) is 36.9 Å². The number of nitrogens with one attached hydrogen (secondary N) is 2. The van der Waals surface area contributed by atoms with Gasteiger partial charge < -0.3 is 15.7 Å². The van der Waals surface area contributed by atoms with Gasteiger partial charge in [-0.15, -0.1) is 0 Å². The predicted molar refractivity (Wildman–Crippen MR) is 57.2 cm³/mol. The van der Waals surface area contributed by atoms with E-state index in [-0.39, 0.29) is 6.10 Å². The number of hydrogen-bond acceptors (Lipinski definition) is 3. The van der Waals surface area contributed by atoms with Gasteiger partial charge in [-0.1, -0.05) is 6.92 Å². The minimum atomic E-state index is -0.122. The van der Waals surface area contributed by atoms with E-state index in [2.05, 4.69) is 17.6 Å². The Morgan fingerprint density at radius 1 is 1.50 bits per heavy atom. The van der Waals surface area contributed by atoms with Crippen molar-refractivity contribution in [2.45, 2.75) is 44.8 Å². The largest absolute Gasteiger partial charge is 0.392 e. The summed E-state index contributed by atoms with van der Waals surface area (Å²) in [5.41, 5.74) is 0.636. The molecule has 1 aliphatic heterocycles. The molecular formula is C11H22N2O. The van der Waals surface area contributed by atoms with Crippen LogP contribution in [0.25, 0.3) is 0 Å². The lowest BCUT2D eigenvalue weighted by Gasteiger charge is -2.16. The van der Waals surface area contributed by atoms with Crippen LogP contribution in [-0.2, 0) is 0 Å². The Hall–Kier alpha value is -0.120. The summed E-state index contributed by atoms with van der Waals surface area (Å²) in [4.78, 5) is 0. The first-order valence-corrected chi connectivity index (χ1v) is 5.86. The highest BCUT2D eigenvalue weighted by Crippen LogP contribution is 2.47. The predicted octanol–water partition coefficient (Wildman–Crippen LogP) is 0.489. The number of hydrogen-bond donors (Lipinski definition) is 3. The van der Waals surface area contributed by atoms with Crippen LogP contribution in [0.2, 0.25) is 0 Å². The first-order chi connectivity index (χ1) is 6.74. The topological polar surface area (TPSA) is 44.3 Å². The van der Waals surface area contributed by atoms with Gasteiger partial charge in [0, 0.05) is 25.7 Å². The van der Waals surface area contributed by atoms with Crippen molar-refractivity contribution in [3.8, 4) is 0 Å². The highest BCUT2D eigenvalue weighted by Gasteiger charge is 2.40. The molecule has 2 unspecified atom stereocenters. The van der Waals surface area contributed by atoms with Gasteiger partial charge in [0.15, 0.2) is 0 Å². The Bertz CT molecular complexity index is 192. The van der Waals surface area contributed by atoms with Crippen molar-refractivity contribution in [3.05, 3.63) is 0 Å². The van der Waals surface area contributed by atoms with Crippen molar-refractivity contribution >= 4 is 0 Å². The van der Waals surface area contributed by atoms with Crippen molar-refractivity contribution in [3.63, 3.8) is 0 Å². The molecule has 0 bridgehead atoms. The van der Waals surface area contributed by atoms with Crippen molar-refractivity contribution in [2.24, 2.45) is 5.41 Å². The van der Waals surface area contributed by atoms with Crippen molar-refractivity contribution in [1.82, 2.24) is 10.6 Å². The summed E-state index contributed by atoms with van der Waals surface area (Å²) in [7, 11) is 0. The molecule has 0 radical (unpaired) electrons. The molecule has 82 valence electrons. The molecule has 1 saturated carbocycles. The second kappa shape index (κ2) is 4.17. The maximum absolute atomic E-state index is 9.33. The first-order valence-electron chi connectivity index (χ1n) is 5.86. The molecule has 2 fully saturated rings.